The molecule has 0 saturated carbocycles. The molecule has 0 bridgehead atoms. The Labute approximate surface area is 132 Å². The van der Waals surface area contributed by atoms with Crippen molar-refractivity contribution in [2.45, 2.75) is 20.3 Å². The highest BCUT2D eigenvalue weighted by molar-refractivity contribution is 8.26. The van der Waals surface area contributed by atoms with Gasteiger partial charge in [-0.15, -0.1) is 0 Å². The van der Waals surface area contributed by atoms with E-state index < -0.39 is 5.97 Å². The van der Waals surface area contributed by atoms with E-state index >= 15 is 0 Å². The quantitative estimate of drug-likeness (QED) is 0.682. The molecular formula is C15H15NO3S2. The summed E-state index contributed by atoms with van der Waals surface area (Å²) < 4.78 is 0.415. The van der Waals surface area contributed by atoms with E-state index in [-0.39, 0.29) is 18.9 Å². The average molecular weight is 321 g/mol. The van der Waals surface area contributed by atoms with E-state index in [1.54, 1.807) is 0 Å². The van der Waals surface area contributed by atoms with Crippen LogP contribution in [0.1, 0.15) is 23.1 Å². The van der Waals surface area contributed by atoms with Crippen molar-refractivity contribution in [3.63, 3.8) is 0 Å². The lowest BCUT2D eigenvalue weighted by Crippen LogP contribution is -2.30. The van der Waals surface area contributed by atoms with Crippen LogP contribution in [0.5, 0.6) is 0 Å². The molecule has 1 fully saturated rings. The molecule has 2 rings (SSSR count). The molecule has 1 saturated heterocycles. The summed E-state index contributed by atoms with van der Waals surface area (Å²) in [7, 11) is 0. The highest BCUT2D eigenvalue weighted by Gasteiger charge is 2.32. The zero-order chi connectivity index (χ0) is 15.6. The summed E-state index contributed by atoms with van der Waals surface area (Å²) >= 11 is 6.37. The Balaban J connectivity index is 2.23. The van der Waals surface area contributed by atoms with Crippen molar-refractivity contribution in [1.82, 2.24) is 4.90 Å². The van der Waals surface area contributed by atoms with Crippen molar-refractivity contribution in [2.75, 3.05) is 6.54 Å². The van der Waals surface area contributed by atoms with E-state index in [4.69, 9.17) is 17.3 Å². The van der Waals surface area contributed by atoms with Crippen LogP contribution in [0.2, 0.25) is 0 Å². The van der Waals surface area contributed by atoms with Gasteiger partial charge in [0.05, 0.1) is 11.3 Å². The number of carboxylic acid groups (broad SMARTS) is 1. The van der Waals surface area contributed by atoms with Gasteiger partial charge in [-0.3, -0.25) is 14.5 Å². The molecule has 1 heterocycles. The van der Waals surface area contributed by atoms with Gasteiger partial charge in [-0.25, -0.2) is 0 Å². The van der Waals surface area contributed by atoms with Crippen LogP contribution in [-0.2, 0) is 9.59 Å². The standard InChI is InChI=1S/C15H15NO3S2/c1-9-3-4-10(2)11(7-9)8-12-14(19)16(15(20)21-12)6-5-13(17)18/h3-4,7-8H,5-6H2,1-2H3,(H,17,18). The molecule has 0 atom stereocenters. The average Bonchev–Trinajstić information content (AvgIpc) is 2.66. The normalized spacial score (nSPS) is 16.9. The van der Waals surface area contributed by atoms with Crippen LogP contribution in [0.15, 0.2) is 23.1 Å². The molecule has 110 valence electrons. The van der Waals surface area contributed by atoms with Crippen molar-refractivity contribution in [3.05, 3.63) is 39.8 Å². The monoisotopic (exact) mass is 321 g/mol. The van der Waals surface area contributed by atoms with Gasteiger partial charge in [-0.1, -0.05) is 47.7 Å². The third kappa shape index (κ3) is 3.71. The van der Waals surface area contributed by atoms with Gasteiger partial charge in [0, 0.05) is 6.54 Å². The minimum atomic E-state index is -0.942. The lowest BCUT2D eigenvalue weighted by molar-refractivity contribution is -0.137. The predicted molar refractivity (Wildman–Crippen MR) is 88.0 cm³/mol. The smallest absolute Gasteiger partial charge is 0.305 e. The number of thiocarbonyl (C=S) groups is 1. The second-order valence-electron chi connectivity index (χ2n) is 4.84. The van der Waals surface area contributed by atoms with Crippen LogP contribution in [0, 0.1) is 13.8 Å². The van der Waals surface area contributed by atoms with Gasteiger partial charge in [-0.2, -0.15) is 0 Å². The number of aliphatic carboxylic acids is 1. The SMILES string of the molecule is Cc1ccc(C)c(C=C2SC(=S)N(CCC(=O)O)C2=O)c1. The fourth-order valence-electron chi connectivity index (χ4n) is 1.96. The van der Waals surface area contributed by atoms with Crippen molar-refractivity contribution in [3.8, 4) is 0 Å². The van der Waals surface area contributed by atoms with Crippen LogP contribution < -0.4 is 0 Å². The van der Waals surface area contributed by atoms with Crippen molar-refractivity contribution in [2.24, 2.45) is 0 Å². The first-order valence-electron chi connectivity index (χ1n) is 6.43. The zero-order valence-corrected chi connectivity index (χ0v) is 13.4. The van der Waals surface area contributed by atoms with E-state index in [9.17, 15) is 9.59 Å². The lowest BCUT2D eigenvalue weighted by Gasteiger charge is -2.12. The first kappa shape index (κ1) is 15.7. The van der Waals surface area contributed by atoms with Gasteiger partial charge in [0.1, 0.15) is 4.32 Å². The Morgan fingerprint density at radius 3 is 2.81 bits per heavy atom. The highest BCUT2D eigenvalue weighted by Crippen LogP contribution is 2.33. The molecule has 1 aliphatic heterocycles. The number of aryl methyl sites for hydroxylation is 2. The number of rotatable bonds is 4. The summed E-state index contributed by atoms with van der Waals surface area (Å²) in [6, 6.07) is 6.04. The number of carbonyl (C=O) groups is 2. The van der Waals surface area contributed by atoms with Gasteiger partial charge in [0.2, 0.25) is 0 Å². The van der Waals surface area contributed by atoms with Gasteiger partial charge in [0.15, 0.2) is 0 Å². The van der Waals surface area contributed by atoms with Crippen LogP contribution in [0.25, 0.3) is 6.08 Å². The lowest BCUT2D eigenvalue weighted by atomic mass is 10.1. The van der Waals surface area contributed by atoms with Crippen molar-refractivity contribution >= 4 is 46.3 Å². The minimum Gasteiger partial charge on any atom is -0.481 e. The maximum atomic E-state index is 12.3. The van der Waals surface area contributed by atoms with E-state index in [1.807, 2.05) is 38.1 Å². The second-order valence-corrected chi connectivity index (χ2v) is 6.51. The van der Waals surface area contributed by atoms with E-state index in [2.05, 4.69) is 0 Å². The fourth-order valence-corrected chi connectivity index (χ4v) is 3.26. The number of carbonyl (C=O) groups excluding carboxylic acids is 1. The zero-order valence-electron chi connectivity index (χ0n) is 11.8. The highest BCUT2D eigenvalue weighted by atomic mass is 32.2. The van der Waals surface area contributed by atoms with Gasteiger partial charge in [-0.05, 0) is 31.1 Å². The molecule has 0 unspecified atom stereocenters. The maximum Gasteiger partial charge on any atom is 0.305 e. The number of amides is 1. The summed E-state index contributed by atoms with van der Waals surface area (Å²) in [5.41, 5.74) is 3.18. The van der Waals surface area contributed by atoms with E-state index in [0.717, 1.165) is 16.7 Å². The summed E-state index contributed by atoms with van der Waals surface area (Å²) in [6.45, 7) is 4.09. The molecule has 0 spiro atoms. The number of nitrogens with zero attached hydrogens (tertiary/aromatic N) is 1. The number of hydrogen-bond acceptors (Lipinski definition) is 4. The third-order valence-electron chi connectivity index (χ3n) is 3.14. The molecule has 6 heteroatoms. The molecule has 0 radical (unpaired) electrons. The van der Waals surface area contributed by atoms with Crippen LogP contribution in [-0.4, -0.2) is 32.7 Å². The Kier molecular flexibility index (Phi) is 4.80. The van der Waals surface area contributed by atoms with Crippen LogP contribution >= 0.6 is 24.0 Å². The number of carboxylic acids is 1. The second kappa shape index (κ2) is 6.41. The molecule has 1 aromatic rings. The molecule has 1 amide bonds. The summed E-state index contributed by atoms with van der Waals surface area (Å²) in [6.07, 6.45) is 1.71. The molecular weight excluding hydrogens is 306 g/mol. The van der Waals surface area contributed by atoms with Gasteiger partial charge >= 0.3 is 5.97 Å². The molecule has 0 aromatic heterocycles. The van der Waals surface area contributed by atoms with E-state index in [0.29, 0.717) is 9.23 Å². The third-order valence-corrected chi connectivity index (χ3v) is 4.52. The maximum absolute atomic E-state index is 12.3. The number of thioether (sulfide) groups is 1. The fraction of sp³-hybridized carbons (Fsp3) is 0.267. The number of benzene rings is 1. The Morgan fingerprint density at radius 2 is 2.14 bits per heavy atom. The Morgan fingerprint density at radius 1 is 1.43 bits per heavy atom. The Hall–Kier alpha value is -1.66. The summed E-state index contributed by atoms with van der Waals surface area (Å²) in [4.78, 5) is 24.8. The first-order chi connectivity index (χ1) is 9.88. The Bertz CT molecular complexity index is 652. The predicted octanol–water partition coefficient (Wildman–Crippen LogP) is 2.98. The van der Waals surface area contributed by atoms with Crippen molar-refractivity contribution < 1.29 is 14.7 Å². The molecule has 1 N–H and O–H groups in total. The molecule has 1 aromatic carbocycles. The molecule has 4 nitrogen and oxygen atoms in total. The number of hydrogen-bond donors (Lipinski definition) is 1. The van der Waals surface area contributed by atoms with Gasteiger partial charge < -0.3 is 5.11 Å². The topological polar surface area (TPSA) is 57.6 Å². The van der Waals surface area contributed by atoms with Crippen molar-refractivity contribution in [1.29, 1.82) is 0 Å². The van der Waals surface area contributed by atoms with Crippen LogP contribution in [0.4, 0.5) is 0 Å². The van der Waals surface area contributed by atoms with Gasteiger partial charge in [0.25, 0.3) is 5.91 Å². The minimum absolute atomic E-state index is 0.108. The molecule has 1 aliphatic rings. The van der Waals surface area contributed by atoms with E-state index in [1.165, 1.54) is 16.7 Å². The first-order valence-corrected chi connectivity index (χ1v) is 7.65. The van der Waals surface area contributed by atoms with Crippen LogP contribution in [0.3, 0.4) is 0 Å². The molecule has 0 aliphatic carbocycles. The largest absolute Gasteiger partial charge is 0.481 e. The summed E-state index contributed by atoms with van der Waals surface area (Å²) in [5.74, 6) is -1.16. The summed E-state index contributed by atoms with van der Waals surface area (Å²) in [5, 5.41) is 8.71. The molecule has 21 heavy (non-hydrogen) atoms.